The second kappa shape index (κ2) is 8.43. The maximum Gasteiger partial charge on any atom is 0.620 e. The van der Waals surface area contributed by atoms with Gasteiger partial charge in [-0.25, -0.2) is 4.79 Å². The molecule has 0 aromatic heterocycles. The Kier molecular flexibility index (Phi) is 7.69. The van der Waals surface area contributed by atoms with Crippen LogP contribution in [-0.2, 0) is 32.4 Å². The number of carbonyl (C=O) groups is 3. The molecule has 0 fully saturated rings. The topological polar surface area (TPSA) is 88.1 Å². The molecule has 108 valence electrons. The summed E-state index contributed by atoms with van der Waals surface area (Å²) in [5.74, 6) is -1.76. The summed E-state index contributed by atoms with van der Waals surface area (Å²) < 4.78 is 19.6. The zero-order chi connectivity index (χ0) is 15.0. The minimum atomic E-state index is -2.91. The Hall–Kier alpha value is -1.67. The van der Waals surface area contributed by atoms with Crippen LogP contribution in [0.25, 0.3) is 0 Å². The molecule has 0 radical (unpaired) electrons. The van der Waals surface area contributed by atoms with Gasteiger partial charge in [0.2, 0.25) is 0 Å². The summed E-state index contributed by atoms with van der Waals surface area (Å²) in [7, 11) is -2.91. The summed E-state index contributed by atoms with van der Waals surface area (Å²) in [6, 6.07) is 0. The first-order valence-corrected chi connectivity index (χ1v) is 6.96. The number of rotatable bonds is 7. The van der Waals surface area contributed by atoms with Crippen molar-refractivity contribution in [2.24, 2.45) is 0 Å². The molecule has 0 saturated carbocycles. The van der Waals surface area contributed by atoms with E-state index in [1.807, 2.05) is 0 Å². The smallest absolute Gasteiger partial charge is 0.467 e. The summed E-state index contributed by atoms with van der Waals surface area (Å²) in [5, 5.41) is 0. The van der Waals surface area contributed by atoms with E-state index in [1.165, 1.54) is 20.8 Å². The molecule has 0 N–H and O–H groups in total. The van der Waals surface area contributed by atoms with Gasteiger partial charge in [0.25, 0.3) is 11.9 Å². The highest BCUT2D eigenvalue weighted by Crippen LogP contribution is 2.02. The van der Waals surface area contributed by atoms with E-state index in [9.17, 15) is 14.4 Å². The van der Waals surface area contributed by atoms with Gasteiger partial charge < -0.3 is 18.0 Å². The number of ether oxygens (including phenoxy) is 1. The summed E-state index contributed by atoms with van der Waals surface area (Å²) in [4.78, 5) is 32.8. The van der Waals surface area contributed by atoms with E-state index in [1.54, 1.807) is 6.92 Å². The Balaban J connectivity index is 4.25. The van der Waals surface area contributed by atoms with E-state index in [-0.39, 0.29) is 12.2 Å². The number of esters is 1. The van der Waals surface area contributed by atoms with Gasteiger partial charge in [0.15, 0.2) is 0 Å². The summed E-state index contributed by atoms with van der Waals surface area (Å²) in [6.07, 6.45) is -0.571. The minimum absolute atomic E-state index is 0.0578. The molecule has 19 heavy (non-hydrogen) atoms. The largest absolute Gasteiger partial charge is 0.620 e. The van der Waals surface area contributed by atoms with Gasteiger partial charge in [0.05, 0.1) is 6.10 Å². The Bertz CT molecular complexity index is 350. The zero-order valence-corrected chi connectivity index (χ0v) is 12.6. The van der Waals surface area contributed by atoms with Crippen molar-refractivity contribution in [3.05, 3.63) is 12.2 Å². The van der Waals surface area contributed by atoms with E-state index < -0.39 is 33.5 Å². The summed E-state index contributed by atoms with van der Waals surface area (Å²) in [5.41, 5.74) is 0.265. The molecule has 0 rings (SSSR count). The van der Waals surface area contributed by atoms with Gasteiger partial charge in [-0.05, 0) is 13.8 Å². The van der Waals surface area contributed by atoms with Gasteiger partial charge in [-0.15, -0.1) is 0 Å². The molecule has 0 aliphatic rings. The monoisotopic (exact) mass is 290 g/mol. The lowest BCUT2D eigenvalue weighted by molar-refractivity contribution is -0.146. The highest BCUT2D eigenvalue weighted by Gasteiger charge is 2.25. The molecule has 0 saturated heterocycles. The first-order valence-electron chi connectivity index (χ1n) is 5.55. The lowest BCUT2D eigenvalue weighted by Crippen LogP contribution is -2.36. The van der Waals surface area contributed by atoms with E-state index in [4.69, 9.17) is 18.0 Å². The highest BCUT2D eigenvalue weighted by molar-refractivity contribution is 6.41. The SMILES string of the molecule is C=C(C)C(=O)OCC(C)O[SiH](OC(C)=O)OC(C)=O. The van der Waals surface area contributed by atoms with Crippen LogP contribution in [0.3, 0.4) is 0 Å². The highest BCUT2D eigenvalue weighted by atomic mass is 28.3. The number of hydrogen-bond acceptors (Lipinski definition) is 7. The zero-order valence-electron chi connectivity index (χ0n) is 11.4. The van der Waals surface area contributed by atoms with Crippen molar-refractivity contribution in [1.29, 1.82) is 0 Å². The number of carbonyl (C=O) groups excluding carboxylic acids is 3. The predicted octanol–water partition coefficient (Wildman–Crippen LogP) is 0.354. The molecule has 0 aliphatic carbocycles. The van der Waals surface area contributed by atoms with Crippen molar-refractivity contribution in [2.45, 2.75) is 33.8 Å². The van der Waals surface area contributed by atoms with Gasteiger partial charge in [-0.3, -0.25) is 9.59 Å². The van der Waals surface area contributed by atoms with Gasteiger partial charge in [0.1, 0.15) is 6.61 Å². The van der Waals surface area contributed by atoms with Crippen LogP contribution in [0.1, 0.15) is 27.7 Å². The predicted molar refractivity (Wildman–Crippen MR) is 67.0 cm³/mol. The molecule has 0 aromatic carbocycles. The Morgan fingerprint density at radius 3 is 1.95 bits per heavy atom. The minimum Gasteiger partial charge on any atom is -0.467 e. The quantitative estimate of drug-likeness (QED) is 0.380. The van der Waals surface area contributed by atoms with Crippen molar-refractivity contribution < 1.29 is 32.4 Å². The Morgan fingerprint density at radius 1 is 1.11 bits per heavy atom. The maximum absolute atomic E-state index is 11.2. The molecule has 1 atom stereocenters. The van der Waals surface area contributed by atoms with E-state index >= 15 is 0 Å². The van der Waals surface area contributed by atoms with Crippen LogP contribution in [0.2, 0.25) is 0 Å². The molecular formula is C11H18O7Si. The molecule has 0 spiro atoms. The molecule has 0 heterocycles. The second-order valence-electron chi connectivity index (χ2n) is 3.83. The fourth-order valence-corrected chi connectivity index (χ4v) is 2.06. The third-order valence-corrected chi connectivity index (χ3v) is 3.40. The van der Waals surface area contributed by atoms with Crippen LogP contribution in [0, 0.1) is 0 Å². The van der Waals surface area contributed by atoms with Crippen molar-refractivity contribution in [1.82, 2.24) is 0 Å². The summed E-state index contributed by atoms with van der Waals surface area (Å²) in [6.45, 7) is 8.84. The van der Waals surface area contributed by atoms with Gasteiger partial charge >= 0.3 is 15.5 Å². The average Bonchev–Trinajstić information content (AvgIpc) is 2.23. The maximum atomic E-state index is 11.2. The lowest BCUT2D eigenvalue weighted by Gasteiger charge is -2.19. The van der Waals surface area contributed by atoms with Gasteiger partial charge in [-0.2, -0.15) is 0 Å². The molecule has 8 heteroatoms. The third-order valence-electron chi connectivity index (χ3n) is 1.67. The van der Waals surface area contributed by atoms with E-state index in [2.05, 4.69) is 6.58 Å². The molecule has 0 aliphatic heterocycles. The van der Waals surface area contributed by atoms with Crippen LogP contribution < -0.4 is 0 Å². The fourth-order valence-electron chi connectivity index (χ4n) is 0.896. The Labute approximate surface area is 113 Å². The van der Waals surface area contributed by atoms with Crippen LogP contribution in [-0.4, -0.2) is 40.1 Å². The molecule has 1 unspecified atom stereocenters. The van der Waals surface area contributed by atoms with Crippen molar-refractivity contribution in [3.63, 3.8) is 0 Å². The lowest BCUT2D eigenvalue weighted by atomic mass is 10.3. The first-order chi connectivity index (χ1) is 8.72. The van der Waals surface area contributed by atoms with Crippen molar-refractivity contribution in [3.8, 4) is 0 Å². The van der Waals surface area contributed by atoms with Crippen LogP contribution in [0.5, 0.6) is 0 Å². The molecular weight excluding hydrogens is 272 g/mol. The molecule has 7 nitrogen and oxygen atoms in total. The fraction of sp³-hybridized carbons (Fsp3) is 0.545. The Morgan fingerprint density at radius 2 is 1.58 bits per heavy atom. The third kappa shape index (κ3) is 8.97. The van der Waals surface area contributed by atoms with Gasteiger partial charge in [-0.1, -0.05) is 6.58 Å². The van der Waals surface area contributed by atoms with E-state index in [0.29, 0.717) is 0 Å². The second-order valence-corrected chi connectivity index (χ2v) is 5.15. The number of hydrogen-bond donors (Lipinski definition) is 0. The molecule has 0 amide bonds. The van der Waals surface area contributed by atoms with Crippen molar-refractivity contribution in [2.75, 3.05) is 6.61 Å². The van der Waals surface area contributed by atoms with Crippen molar-refractivity contribution >= 4 is 27.4 Å². The standard InChI is InChI=1S/C11H18O7Si/c1-7(2)11(14)15-6-8(3)16-19(17-9(4)12)18-10(5)13/h8,19H,1,6H2,2-5H3. The average molecular weight is 290 g/mol. The van der Waals surface area contributed by atoms with Crippen LogP contribution >= 0.6 is 0 Å². The normalized spacial score (nSPS) is 11.6. The molecule has 0 bridgehead atoms. The first kappa shape index (κ1) is 17.3. The molecule has 0 aromatic rings. The summed E-state index contributed by atoms with van der Waals surface area (Å²) >= 11 is 0. The van der Waals surface area contributed by atoms with Crippen LogP contribution in [0.15, 0.2) is 12.2 Å². The van der Waals surface area contributed by atoms with E-state index in [0.717, 1.165) is 0 Å². The van der Waals surface area contributed by atoms with Crippen LogP contribution in [0.4, 0.5) is 0 Å². The van der Waals surface area contributed by atoms with Gasteiger partial charge in [0, 0.05) is 19.4 Å².